The molecule has 7 nitrogen and oxygen atoms in total. The number of carbonyl (C=O) groups excluding carboxylic acids is 1. The fourth-order valence-electron chi connectivity index (χ4n) is 3.70. The van der Waals surface area contributed by atoms with E-state index in [1.165, 1.54) is 12.1 Å². The molecule has 5 rings (SSSR count). The number of anilines is 1. The van der Waals surface area contributed by atoms with E-state index in [0.717, 1.165) is 18.9 Å². The Morgan fingerprint density at radius 2 is 1.72 bits per heavy atom. The molecule has 32 heavy (non-hydrogen) atoms. The summed E-state index contributed by atoms with van der Waals surface area (Å²) in [5.74, 6) is 1.18. The molecule has 1 fully saturated rings. The minimum Gasteiger partial charge on any atom is -0.353 e. The van der Waals surface area contributed by atoms with Gasteiger partial charge in [0, 0.05) is 49.1 Å². The number of amides is 1. The van der Waals surface area contributed by atoms with Gasteiger partial charge in [0.05, 0.1) is 0 Å². The van der Waals surface area contributed by atoms with Gasteiger partial charge in [-0.05, 0) is 48.5 Å². The highest BCUT2D eigenvalue weighted by molar-refractivity contribution is 5.94. The van der Waals surface area contributed by atoms with Gasteiger partial charge in [-0.15, -0.1) is 0 Å². The van der Waals surface area contributed by atoms with E-state index < -0.39 is 0 Å². The number of rotatable bonds is 4. The number of halogens is 1. The van der Waals surface area contributed by atoms with E-state index in [4.69, 9.17) is 4.52 Å². The standard InChI is InChI=1S/C24H20FN5O2/c25-20-5-3-4-19(16-20)22-27-23(32-28-22)17-7-9-18(10-8-17)24(31)30-14-12-29(13-15-30)21-6-1-2-11-26-21/h1-11,16H,12-15H2. The first-order chi connectivity index (χ1) is 15.7. The first-order valence-corrected chi connectivity index (χ1v) is 10.3. The second-order valence-electron chi connectivity index (χ2n) is 7.48. The first kappa shape index (κ1) is 19.9. The molecule has 0 saturated carbocycles. The molecule has 3 heterocycles. The topological polar surface area (TPSA) is 75.4 Å². The zero-order chi connectivity index (χ0) is 21.9. The third-order valence-electron chi connectivity index (χ3n) is 5.43. The zero-order valence-electron chi connectivity index (χ0n) is 17.2. The van der Waals surface area contributed by atoms with Crippen LogP contribution in [0.5, 0.6) is 0 Å². The summed E-state index contributed by atoms with van der Waals surface area (Å²) in [6.07, 6.45) is 1.78. The molecule has 1 saturated heterocycles. The highest BCUT2D eigenvalue weighted by atomic mass is 19.1. The molecule has 0 N–H and O–H groups in total. The van der Waals surface area contributed by atoms with E-state index in [-0.39, 0.29) is 11.7 Å². The molecular formula is C24H20FN5O2. The van der Waals surface area contributed by atoms with Crippen molar-refractivity contribution in [3.05, 3.63) is 84.3 Å². The summed E-state index contributed by atoms with van der Waals surface area (Å²) in [6, 6.07) is 18.9. The second kappa shape index (κ2) is 8.58. The van der Waals surface area contributed by atoms with E-state index in [2.05, 4.69) is 20.0 Å². The van der Waals surface area contributed by atoms with E-state index in [1.807, 2.05) is 23.1 Å². The first-order valence-electron chi connectivity index (χ1n) is 10.3. The van der Waals surface area contributed by atoms with Gasteiger partial charge in [-0.3, -0.25) is 4.79 Å². The van der Waals surface area contributed by atoms with E-state index in [9.17, 15) is 9.18 Å². The fraction of sp³-hybridized carbons (Fsp3) is 0.167. The van der Waals surface area contributed by atoms with Crippen molar-refractivity contribution < 1.29 is 13.7 Å². The number of hydrogen-bond acceptors (Lipinski definition) is 6. The predicted octanol–water partition coefficient (Wildman–Crippen LogP) is 3.90. The van der Waals surface area contributed by atoms with Crippen LogP contribution in [0.3, 0.4) is 0 Å². The highest BCUT2D eigenvalue weighted by Crippen LogP contribution is 2.23. The third-order valence-corrected chi connectivity index (χ3v) is 5.43. The van der Waals surface area contributed by atoms with Crippen LogP contribution in [0.25, 0.3) is 22.8 Å². The van der Waals surface area contributed by atoms with Crippen LogP contribution in [0, 0.1) is 5.82 Å². The van der Waals surface area contributed by atoms with Gasteiger partial charge in [-0.1, -0.05) is 23.4 Å². The van der Waals surface area contributed by atoms with E-state index in [0.29, 0.717) is 41.5 Å². The van der Waals surface area contributed by atoms with Gasteiger partial charge < -0.3 is 14.3 Å². The summed E-state index contributed by atoms with van der Waals surface area (Å²) in [5.41, 5.74) is 1.83. The largest absolute Gasteiger partial charge is 0.353 e. The molecule has 160 valence electrons. The molecule has 0 radical (unpaired) electrons. The lowest BCUT2D eigenvalue weighted by Crippen LogP contribution is -2.49. The number of piperazine rings is 1. The van der Waals surface area contributed by atoms with Crippen molar-refractivity contribution >= 4 is 11.7 Å². The molecule has 0 unspecified atom stereocenters. The van der Waals surface area contributed by atoms with Gasteiger partial charge in [0.25, 0.3) is 11.8 Å². The van der Waals surface area contributed by atoms with E-state index in [1.54, 1.807) is 42.6 Å². The van der Waals surface area contributed by atoms with Crippen LogP contribution in [0.2, 0.25) is 0 Å². The third kappa shape index (κ3) is 4.07. The van der Waals surface area contributed by atoms with Crippen molar-refractivity contribution in [2.75, 3.05) is 31.1 Å². The van der Waals surface area contributed by atoms with Crippen LogP contribution >= 0.6 is 0 Å². The predicted molar refractivity (Wildman–Crippen MR) is 117 cm³/mol. The molecule has 1 amide bonds. The Morgan fingerprint density at radius 1 is 0.906 bits per heavy atom. The minimum absolute atomic E-state index is 0.0109. The fourth-order valence-corrected chi connectivity index (χ4v) is 3.70. The Balaban J connectivity index is 1.25. The summed E-state index contributed by atoms with van der Waals surface area (Å²) in [7, 11) is 0. The number of hydrogen-bond donors (Lipinski definition) is 0. The lowest BCUT2D eigenvalue weighted by molar-refractivity contribution is 0.0746. The summed E-state index contributed by atoms with van der Waals surface area (Å²) >= 11 is 0. The Labute approximate surface area is 184 Å². The molecule has 1 aliphatic rings. The van der Waals surface area contributed by atoms with E-state index >= 15 is 0 Å². The molecule has 4 aromatic rings. The molecule has 2 aromatic carbocycles. The number of benzene rings is 2. The number of carbonyl (C=O) groups is 1. The molecule has 0 spiro atoms. The zero-order valence-corrected chi connectivity index (χ0v) is 17.2. The van der Waals surface area contributed by atoms with Crippen molar-refractivity contribution in [3.8, 4) is 22.8 Å². The summed E-state index contributed by atoms with van der Waals surface area (Å²) in [6.45, 7) is 2.76. The minimum atomic E-state index is -0.363. The lowest BCUT2D eigenvalue weighted by Gasteiger charge is -2.35. The van der Waals surface area contributed by atoms with Gasteiger partial charge in [0.2, 0.25) is 5.82 Å². The maximum atomic E-state index is 13.4. The van der Waals surface area contributed by atoms with Crippen LogP contribution < -0.4 is 4.90 Å². The quantitative estimate of drug-likeness (QED) is 0.490. The lowest BCUT2D eigenvalue weighted by atomic mass is 10.1. The summed E-state index contributed by atoms with van der Waals surface area (Å²) < 4.78 is 18.8. The Morgan fingerprint density at radius 3 is 2.44 bits per heavy atom. The van der Waals surface area contributed by atoms with Crippen molar-refractivity contribution in [2.24, 2.45) is 0 Å². The summed E-state index contributed by atoms with van der Waals surface area (Å²) in [5, 5.41) is 3.93. The Bertz CT molecular complexity index is 1220. The van der Waals surface area contributed by atoms with Gasteiger partial charge in [-0.2, -0.15) is 4.98 Å². The normalized spacial score (nSPS) is 13.9. The Kier molecular flexibility index (Phi) is 5.33. The van der Waals surface area contributed by atoms with Crippen LogP contribution in [0.4, 0.5) is 10.2 Å². The number of aromatic nitrogens is 3. The smallest absolute Gasteiger partial charge is 0.258 e. The number of nitrogens with zero attached hydrogens (tertiary/aromatic N) is 5. The average Bonchev–Trinajstić information content (AvgIpc) is 3.35. The molecule has 0 atom stereocenters. The van der Waals surface area contributed by atoms with Gasteiger partial charge >= 0.3 is 0 Å². The van der Waals surface area contributed by atoms with Gasteiger partial charge in [0.15, 0.2) is 0 Å². The maximum Gasteiger partial charge on any atom is 0.258 e. The monoisotopic (exact) mass is 429 g/mol. The SMILES string of the molecule is O=C(c1ccc(-c2nc(-c3cccc(F)c3)no2)cc1)N1CCN(c2ccccn2)CC1. The average molecular weight is 429 g/mol. The molecular weight excluding hydrogens is 409 g/mol. The van der Waals surface area contributed by atoms with Crippen molar-refractivity contribution in [1.29, 1.82) is 0 Å². The molecule has 1 aliphatic heterocycles. The highest BCUT2D eigenvalue weighted by Gasteiger charge is 2.23. The van der Waals surface area contributed by atoms with Gasteiger partial charge in [0.1, 0.15) is 11.6 Å². The molecule has 2 aromatic heterocycles. The second-order valence-corrected chi connectivity index (χ2v) is 7.48. The van der Waals surface area contributed by atoms with Crippen molar-refractivity contribution in [3.63, 3.8) is 0 Å². The molecule has 0 aliphatic carbocycles. The van der Waals surface area contributed by atoms with Crippen LogP contribution in [-0.4, -0.2) is 52.1 Å². The van der Waals surface area contributed by atoms with Crippen LogP contribution in [0.15, 0.2) is 77.4 Å². The van der Waals surface area contributed by atoms with Crippen molar-refractivity contribution in [2.45, 2.75) is 0 Å². The summed E-state index contributed by atoms with van der Waals surface area (Å²) in [4.78, 5) is 25.7. The molecule has 8 heteroatoms. The van der Waals surface area contributed by atoms with Crippen molar-refractivity contribution in [1.82, 2.24) is 20.0 Å². The number of pyridine rings is 1. The van der Waals surface area contributed by atoms with Crippen LogP contribution in [-0.2, 0) is 0 Å². The van der Waals surface area contributed by atoms with Crippen LogP contribution in [0.1, 0.15) is 10.4 Å². The Hall–Kier alpha value is -4.07. The maximum absolute atomic E-state index is 13.4. The van der Waals surface area contributed by atoms with Gasteiger partial charge in [-0.25, -0.2) is 9.37 Å². The molecule has 0 bridgehead atoms.